The van der Waals surface area contributed by atoms with Crippen LogP contribution in [-0.2, 0) is 11.2 Å². The molecule has 0 spiro atoms. The summed E-state index contributed by atoms with van der Waals surface area (Å²) in [5.41, 5.74) is 2.68. The highest BCUT2D eigenvalue weighted by atomic mass is 79.9. The number of halogens is 2. The van der Waals surface area contributed by atoms with Crippen LogP contribution in [0.25, 0.3) is 10.9 Å². The highest BCUT2D eigenvalue weighted by molar-refractivity contribution is 9.10. The van der Waals surface area contributed by atoms with Crippen LogP contribution in [0.5, 0.6) is 0 Å². The largest absolute Gasteiger partial charge is 0.361 e. The molecule has 106 valence electrons. The maximum absolute atomic E-state index is 12.1. The van der Waals surface area contributed by atoms with Crippen molar-refractivity contribution in [3.8, 4) is 0 Å². The van der Waals surface area contributed by atoms with E-state index in [2.05, 4.69) is 26.2 Å². The molecular weight excluding hydrogens is 352 g/mol. The first-order valence-electron chi connectivity index (χ1n) is 6.43. The van der Waals surface area contributed by atoms with Gasteiger partial charge in [0.2, 0.25) is 5.91 Å². The highest BCUT2D eigenvalue weighted by Crippen LogP contribution is 2.23. The van der Waals surface area contributed by atoms with Gasteiger partial charge in [0, 0.05) is 32.3 Å². The maximum atomic E-state index is 12.1. The van der Waals surface area contributed by atoms with Crippen LogP contribution in [0, 0.1) is 0 Å². The van der Waals surface area contributed by atoms with Crippen molar-refractivity contribution in [1.82, 2.24) is 4.98 Å². The molecule has 2 N–H and O–H groups in total. The number of fused-ring (bicyclic) bond motifs is 1. The Hall–Kier alpha value is -1.78. The second-order valence-electron chi connectivity index (χ2n) is 4.74. The molecule has 0 fully saturated rings. The van der Waals surface area contributed by atoms with Gasteiger partial charge in [0.15, 0.2) is 0 Å². The van der Waals surface area contributed by atoms with Crippen LogP contribution in [0.4, 0.5) is 5.69 Å². The molecule has 0 atom stereocenters. The second-order valence-corrected chi connectivity index (χ2v) is 6.09. The minimum absolute atomic E-state index is 0.0480. The van der Waals surface area contributed by atoms with Crippen molar-refractivity contribution in [3.05, 3.63) is 63.7 Å². The number of benzene rings is 2. The molecule has 3 rings (SSSR count). The minimum atomic E-state index is -0.0480. The Morgan fingerprint density at radius 1 is 1.19 bits per heavy atom. The molecule has 0 aliphatic heterocycles. The quantitative estimate of drug-likeness (QED) is 0.692. The Bertz CT molecular complexity index is 796. The number of carbonyl (C=O) groups is 1. The lowest BCUT2D eigenvalue weighted by Crippen LogP contribution is -2.14. The summed E-state index contributed by atoms with van der Waals surface area (Å²) >= 11 is 9.32. The molecule has 1 amide bonds. The first-order chi connectivity index (χ1) is 10.1. The molecular formula is C16H12BrClN2O. The summed E-state index contributed by atoms with van der Waals surface area (Å²) in [6.07, 6.45) is 2.17. The third-order valence-corrected chi connectivity index (χ3v) is 3.97. The SMILES string of the molecule is O=C(Cc1c[nH]c2cc(Cl)ccc12)Nc1ccc(Br)cc1. The third-order valence-electron chi connectivity index (χ3n) is 3.21. The Kier molecular flexibility index (Phi) is 3.99. The van der Waals surface area contributed by atoms with Crippen LogP contribution in [0.1, 0.15) is 5.56 Å². The molecule has 0 unspecified atom stereocenters. The summed E-state index contributed by atoms with van der Waals surface area (Å²) in [6.45, 7) is 0. The van der Waals surface area contributed by atoms with E-state index in [1.165, 1.54) is 0 Å². The van der Waals surface area contributed by atoms with Gasteiger partial charge in [0.25, 0.3) is 0 Å². The molecule has 3 nitrogen and oxygen atoms in total. The lowest BCUT2D eigenvalue weighted by molar-refractivity contribution is -0.115. The number of nitrogens with one attached hydrogen (secondary N) is 2. The summed E-state index contributed by atoms with van der Waals surface area (Å²) in [6, 6.07) is 13.1. The van der Waals surface area contributed by atoms with Gasteiger partial charge in [-0.05, 0) is 42.0 Å². The van der Waals surface area contributed by atoms with Gasteiger partial charge in [0.1, 0.15) is 0 Å². The molecule has 3 aromatic rings. The summed E-state index contributed by atoms with van der Waals surface area (Å²) < 4.78 is 0.981. The molecule has 0 saturated carbocycles. The molecule has 0 aliphatic carbocycles. The maximum Gasteiger partial charge on any atom is 0.228 e. The van der Waals surface area contributed by atoms with Crippen LogP contribution in [0.15, 0.2) is 53.1 Å². The summed E-state index contributed by atoms with van der Waals surface area (Å²) in [4.78, 5) is 15.2. The number of anilines is 1. The van der Waals surface area contributed by atoms with Gasteiger partial charge in [0.05, 0.1) is 6.42 Å². The van der Waals surface area contributed by atoms with E-state index in [0.29, 0.717) is 11.4 Å². The van der Waals surface area contributed by atoms with Crippen molar-refractivity contribution >= 4 is 50.0 Å². The fourth-order valence-corrected chi connectivity index (χ4v) is 2.65. The zero-order valence-electron chi connectivity index (χ0n) is 11.0. The molecule has 1 heterocycles. The first kappa shape index (κ1) is 14.2. The van der Waals surface area contributed by atoms with Crippen LogP contribution < -0.4 is 5.32 Å². The molecule has 1 aromatic heterocycles. The van der Waals surface area contributed by atoms with Crippen LogP contribution >= 0.6 is 27.5 Å². The van der Waals surface area contributed by atoms with E-state index in [0.717, 1.165) is 26.6 Å². The lowest BCUT2D eigenvalue weighted by atomic mass is 10.1. The first-order valence-corrected chi connectivity index (χ1v) is 7.60. The van der Waals surface area contributed by atoms with Crippen molar-refractivity contribution in [2.24, 2.45) is 0 Å². The normalized spacial score (nSPS) is 10.8. The third kappa shape index (κ3) is 3.28. The number of hydrogen-bond acceptors (Lipinski definition) is 1. The van der Waals surface area contributed by atoms with E-state index < -0.39 is 0 Å². The van der Waals surface area contributed by atoms with E-state index in [4.69, 9.17) is 11.6 Å². The van der Waals surface area contributed by atoms with Gasteiger partial charge < -0.3 is 10.3 Å². The van der Waals surface area contributed by atoms with Gasteiger partial charge in [-0.2, -0.15) is 0 Å². The Morgan fingerprint density at radius 3 is 2.71 bits per heavy atom. The van der Waals surface area contributed by atoms with Gasteiger partial charge in [-0.1, -0.05) is 33.6 Å². The number of hydrogen-bond donors (Lipinski definition) is 2. The summed E-state index contributed by atoms with van der Waals surface area (Å²) in [5.74, 6) is -0.0480. The van der Waals surface area contributed by atoms with Crippen LogP contribution in [0.2, 0.25) is 5.02 Å². The number of rotatable bonds is 3. The van der Waals surface area contributed by atoms with E-state index in [1.807, 2.05) is 48.7 Å². The van der Waals surface area contributed by atoms with Gasteiger partial charge >= 0.3 is 0 Å². The smallest absolute Gasteiger partial charge is 0.228 e. The standard InChI is InChI=1S/C16H12BrClN2O/c17-11-1-4-13(5-2-11)20-16(21)7-10-9-19-15-8-12(18)3-6-14(10)15/h1-6,8-9,19H,7H2,(H,20,21). The van der Waals surface area contributed by atoms with E-state index in [-0.39, 0.29) is 5.91 Å². The second kappa shape index (κ2) is 5.92. The van der Waals surface area contributed by atoms with Crippen molar-refractivity contribution in [2.45, 2.75) is 6.42 Å². The fourth-order valence-electron chi connectivity index (χ4n) is 2.22. The van der Waals surface area contributed by atoms with Crippen molar-refractivity contribution < 1.29 is 4.79 Å². The average molecular weight is 364 g/mol. The predicted octanol–water partition coefficient (Wildman–Crippen LogP) is 4.77. The molecule has 0 aliphatic rings. The van der Waals surface area contributed by atoms with Crippen molar-refractivity contribution in [3.63, 3.8) is 0 Å². The Balaban J connectivity index is 1.75. The van der Waals surface area contributed by atoms with E-state index in [9.17, 15) is 4.79 Å². The van der Waals surface area contributed by atoms with Crippen molar-refractivity contribution in [2.75, 3.05) is 5.32 Å². The number of aromatic amines is 1. The van der Waals surface area contributed by atoms with Crippen molar-refractivity contribution in [1.29, 1.82) is 0 Å². The fraction of sp³-hybridized carbons (Fsp3) is 0.0625. The number of carbonyl (C=O) groups excluding carboxylic acids is 1. The number of amides is 1. The van der Waals surface area contributed by atoms with Gasteiger partial charge in [-0.25, -0.2) is 0 Å². The summed E-state index contributed by atoms with van der Waals surface area (Å²) in [7, 11) is 0. The molecule has 0 saturated heterocycles. The topological polar surface area (TPSA) is 44.9 Å². The minimum Gasteiger partial charge on any atom is -0.361 e. The monoisotopic (exact) mass is 362 g/mol. The molecule has 0 radical (unpaired) electrons. The molecule has 21 heavy (non-hydrogen) atoms. The zero-order valence-corrected chi connectivity index (χ0v) is 13.3. The van der Waals surface area contributed by atoms with Crippen LogP contribution in [0.3, 0.4) is 0 Å². The van der Waals surface area contributed by atoms with Gasteiger partial charge in [-0.3, -0.25) is 4.79 Å². The van der Waals surface area contributed by atoms with E-state index in [1.54, 1.807) is 0 Å². The predicted molar refractivity (Wildman–Crippen MR) is 89.8 cm³/mol. The zero-order chi connectivity index (χ0) is 14.8. The lowest BCUT2D eigenvalue weighted by Gasteiger charge is -2.05. The van der Waals surface area contributed by atoms with E-state index >= 15 is 0 Å². The summed E-state index contributed by atoms with van der Waals surface area (Å²) in [5, 5.41) is 4.58. The Labute approximate surface area is 135 Å². The molecule has 2 aromatic carbocycles. The highest BCUT2D eigenvalue weighted by Gasteiger charge is 2.09. The number of aromatic nitrogens is 1. The molecule has 5 heteroatoms. The van der Waals surface area contributed by atoms with Crippen LogP contribution in [-0.4, -0.2) is 10.9 Å². The average Bonchev–Trinajstić information content (AvgIpc) is 2.83. The van der Waals surface area contributed by atoms with Gasteiger partial charge in [-0.15, -0.1) is 0 Å². The Morgan fingerprint density at radius 2 is 1.95 bits per heavy atom. The number of H-pyrrole nitrogens is 1. The molecule has 0 bridgehead atoms.